The number of carbonyl (C=O) groups excluding carboxylic acids is 2. The minimum Gasteiger partial charge on any atom is -0.548 e. The summed E-state index contributed by atoms with van der Waals surface area (Å²) in [7, 11) is 0. The summed E-state index contributed by atoms with van der Waals surface area (Å²) < 4.78 is 0. The summed E-state index contributed by atoms with van der Waals surface area (Å²) in [5, 5.41) is 16.2. The SMILES string of the molecule is CCCCCCNC(=O)N[C@@H](Cc1ccccc1)C(=O)[O-]. The number of urea groups is 1. The van der Waals surface area contributed by atoms with Crippen molar-refractivity contribution in [2.75, 3.05) is 6.54 Å². The van der Waals surface area contributed by atoms with Gasteiger partial charge in [0.05, 0.1) is 12.0 Å². The third-order valence-corrected chi connectivity index (χ3v) is 3.19. The maximum absolute atomic E-state index is 11.7. The number of carboxylic acids is 1. The topological polar surface area (TPSA) is 81.3 Å². The van der Waals surface area contributed by atoms with E-state index >= 15 is 0 Å². The second-order valence-electron chi connectivity index (χ2n) is 5.02. The number of hydrogen-bond donors (Lipinski definition) is 2. The van der Waals surface area contributed by atoms with E-state index in [0.29, 0.717) is 6.54 Å². The Balaban J connectivity index is 2.36. The standard InChI is InChI=1S/C16H24N2O3/c1-2-3-4-8-11-17-16(21)18-14(15(19)20)12-13-9-6-5-7-10-13/h5-7,9-10,14H,2-4,8,11-12H2,1H3,(H,19,20)(H2,17,18,21)/p-1/t14-/m0/s1. The van der Waals surface area contributed by atoms with E-state index in [1.807, 2.05) is 30.3 Å². The highest BCUT2D eigenvalue weighted by Crippen LogP contribution is 2.03. The highest BCUT2D eigenvalue weighted by Gasteiger charge is 2.13. The van der Waals surface area contributed by atoms with Crippen LogP contribution in [0, 0.1) is 0 Å². The Bertz CT molecular complexity index is 434. The quantitative estimate of drug-likeness (QED) is 0.671. The fourth-order valence-electron chi connectivity index (χ4n) is 2.01. The smallest absolute Gasteiger partial charge is 0.315 e. The van der Waals surface area contributed by atoms with Gasteiger partial charge in [-0.05, 0) is 18.4 Å². The van der Waals surface area contributed by atoms with E-state index in [0.717, 1.165) is 31.2 Å². The van der Waals surface area contributed by atoms with Gasteiger partial charge in [-0.3, -0.25) is 0 Å². The average Bonchev–Trinajstić information content (AvgIpc) is 2.47. The van der Waals surface area contributed by atoms with E-state index < -0.39 is 18.0 Å². The lowest BCUT2D eigenvalue weighted by atomic mass is 10.1. The molecule has 0 spiro atoms. The summed E-state index contributed by atoms with van der Waals surface area (Å²) in [5.74, 6) is -1.28. The van der Waals surface area contributed by atoms with Crippen molar-refractivity contribution >= 4 is 12.0 Å². The van der Waals surface area contributed by atoms with Gasteiger partial charge in [-0.1, -0.05) is 56.5 Å². The van der Waals surface area contributed by atoms with Gasteiger partial charge < -0.3 is 20.5 Å². The van der Waals surface area contributed by atoms with Gasteiger partial charge in [-0.15, -0.1) is 0 Å². The zero-order valence-corrected chi connectivity index (χ0v) is 12.4. The maximum Gasteiger partial charge on any atom is 0.315 e. The normalized spacial score (nSPS) is 11.7. The number of carboxylic acid groups (broad SMARTS) is 1. The van der Waals surface area contributed by atoms with Crippen molar-refractivity contribution in [2.24, 2.45) is 0 Å². The van der Waals surface area contributed by atoms with E-state index in [-0.39, 0.29) is 6.42 Å². The highest BCUT2D eigenvalue weighted by atomic mass is 16.4. The summed E-state index contributed by atoms with van der Waals surface area (Å²) in [5.41, 5.74) is 0.843. The Labute approximate surface area is 125 Å². The van der Waals surface area contributed by atoms with Crippen LogP contribution in [0.3, 0.4) is 0 Å². The van der Waals surface area contributed by atoms with Crippen LogP contribution in [0.4, 0.5) is 4.79 Å². The van der Waals surface area contributed by atoms with Crippen molar-refractivity contribution < 1.29 is 14.7 Å². The molecule has 0 heterocycles. The van der Waals surface area contributed by atoms with Crippen LogP contribution < -0.4 is 15.7 Å². The molecule has 116 valence electrons. The molecule has 1 atom stereocenters. The molecule has 0 aromatic heterocycles. The minimum absolute atomic E-state index is 0.215. The third-order valence-electron chi connectivity index (χ3n) is 3.19. The van der Waals surface area contributed by atoms with Gasteiger partial charge in [0, 0.05) is 6.54 Å². The number of carbonyl (C=O) groups is 2. The fraction of sp³-hybridized carbons (Fsp3) is 0.500. The summed E-state index contributed by atoms with van der Waals surface area (Å²) in [6.07, 6.45) is 4.45. The summed E-state index contributed by atoms with van der Waals surface area (Å²) >= 11 is 0. The Hall–Kier alpha value is -2.04. The van der Waals surface area contributed by atoms with Crippen molar-refractivity contribution in [3.63, 3.8) is 0 Å². The molecule has 1 aromatic carbocycles. The van der Waals surface area contributed by atoms with Gasteiger partial charge in [0.25, 0.3) is 0 Å². The van der Waals surface area contributed by atoms with Crippen LogP contribution in [0.1, 0.15) is 38.2 Å². The Morgan fingerprint density at radius 1 is 1.14 bits per heavy atom. The molecule has 2 amide bonds. The lowest BCUT2D eigenvalue weighted by Gasteiger charge is -2.20. The number of benzene rings is 1. The van der Waals surface area contributed by atoms with Crippen molar-refractivity contribution in [2.45, 2.75) is 45.1 Å². The number of rotatable bonds is 9. The molecule has 0 saturated heterocycles. The fourth-order valence-corrected chi connectivity index (χ4v) is 2.01. The van der Waals surface area contributed by atoms with E-state index in [2.05, 4.69) is 17.6 Å². The van der Waals surface area contributed by atoms with Gasteiger partial charge in [0.2, 0.25) is 0 Å². The van der Waals surface area contributed by atoms with Crippen LogP contribution in [-0.2, 0) is 11.2 Å². The number of nitrogens with one attached hydrogen (secondary N) is 2. The molecule has 5 nitrogen and oxygen atoms in total. The van der Waals surface area contributed by atoms with Crippen molar-refractivity contribution in [1.29, 1.82) is 0 Å². The molecule has 1 aromatic rings. The first kappa shape index (κ1) is 17.0. The Kier molecular flexibility index (Phi) is 7.94. The molecule has 0 aliphatic heterocycles. The van der Waals surface area contributed by atoms with E-state index in [1.54, 1.807) is 0 Å². The van der Waals surface area contributed by atoms with Crippen LogP contribution in [0.5, 0.6) is 0 Å². The van der Waals surface area contributed by atoms with E-state index in [4.69, 9.17) is 0 Å². The molecule has 21 heavy (non-hydrogen) atoms. The minimum atomic E-state index is -1.28. The first-order chi connectivity index (χ1) is 10.1. The highest BCUT2D eigenvalue weighted by molar-refractivity contribution is 5.81. The molecular weight excluding hydrogens is 268 g/mol. The van der Waals surface area contributed by atoms with E-state index in [1.165, 1.54) is 0 Å². The molecule has 0 unspecified atom stereocenters. The molecule has 0 aliphatic rings. The van der Waals surface area contributed by atoms with Crippen LogP contribution in [-0.4, -0.2) is 24.6 Å². The molecule has 0 aliphatic carbocycles. The molecule has 0 saturated carbocycles. The number of amides is 2. The van der Waals surface area contributed by atoms with Gasteiger partial charge >= 0.3 is 6.03 Å². The van der Waals surface area contributed by atoms with Crippen LogP contribution in [0.25, 0.3) is 0 Å². The van der Waals surface area contributed by atoms with Gasteiger partial charge in [-0.2, -0.15) is 0 Å². The van der Waals surface area contributed by atoms with Crippen molar-refractivity contribution in [1.82, 2.24) is 10.6 Å². The van der Waals surface area contributed by atoms with Gasteiger partial charge in [0.15, 0.2) is 0 Å². The summed E-state index contributed by atoms with van der Waals surface area (Å²) in [6, 6.07) is 7.67. The molecular formula is C16H23N2O3-. The predicted molar refractivity (Wildman–Crippen MR) is 79.6 cm³/mol. The van der Waals surface area contributed by atoms with Crippen LogP contribution in [0.2, 0.25) is 0 Å². The van der Waals surface area contributed by atoms with E-state index in [9.17, 15) is 14.7 Å². The summed E-state index contributed by atoms with van der Waals surface area (Å²) in [6.45, 7) is 2.67. The molecule has 2 N–H and O–H groups in total. The zero-order valence-electron chi connectivity index (χ0n) is 12.4. The zero-order chi connectivity index (χ0) is 15.5. The van der Waals surface area contributed by atoms with Gasteiger partial charge in [-0.25, -0.2) is 4.79 Å². The first-order valence-corrected chi connectivity index (χ1v) is 7.42. The van der Waals surface area contributed by atoms with Crippen molar-refractivity contribution in [3.05, 3.63) is 35.9 Å². The Morgan fingerprint density at radius 3 is 2.48 bits per heavy atom. The maximum atomic E-state index is 11.7. The first-order valence-electron chi connectivity index (χ1n) is 7.42. The van der Waals surface area contributed by atoms with Crippen molar-refractivity contribution in [3.8, 4) is 0 Å². The van der Waals surface area contributed by atoms with Gasteiger partial charge in [0.1, 0.15) is 0 Å². The third kappa shape index (κ3) is 7.34. The number of hydrogen-bond acceptors (Lipinski definition) is 3. The lowest BCUT2D eigenvalue weighted by Crippen LogP contribution is -2.52. The molecule has 5 heteroatoms. The largest absolute Gasteiger partial charge is 0.548 e. The van der Waals surface area contributed by atoms with Crippen LogP contribution >= 0.6 is 0 Å². The van der Waals surface area contributed by atoms with Crippen LogP contribution in [0.15, 0.2) is 30.3 Å². The second-order valence-corrected chi connectivity index (χ2v) is 5.02. The molecule has 0 radical (unpaired) electrons. The Morgan fingerprint density at radius 2 is 1.86 bits per heavy atom. The number of aliphatic carboxylic acids is 1. The molecule has 0 bridgehead atoms. The number of unbranched alkanes of at least 4 members (excludes halogenated alkanes) is 3. The average molecular weight is 291 g/mol. The molecule has 0 fully saturated rings. The predicted octanol–water partition coefficient (Wildman–Crippen LogP) is 1.23. The monoisotopic (exact) mass is 291 g/mol. The second kappa shape index (κ2) is 9.80. The molecule has 1 rings (SSSR count). The summed E-state index contributed by atoms with van der Waals surface area (Å²) in [4.78, 5) is 22.8. The lowest BCUT2D eigenvalue weighted by molar-refractivity contribution is -0.308.